The number of carbonyl (C=O) groups excluding carboxylic acids is 1. The highest BCUT2D eigenvalue weighted by Crippen LogP contribution is 1.94. The zero-order valence-electron chi connectivity index (χ0n) is 7.46. The van der Waals surface area contributed by atoms with Gasteiger partial charge in [-0.05, 0) is 13.3 Å². The van der Waals surface area contributed by atoms with E-state index in [1.165, 1.54) is 6.92 Å². The molecule has 1 amide bonds. The lowest BCUT2D eigenvalue weighted by Crippen LogP contribution is -2.34. The molecule has 0 aromatic heterocycles. The Balaban J connectivity index is 3.65. The van der Waals surface area contributed by atoms with Gasteiger partial charge in [-0.25, -0.2) is 0 Å². The van der Waals surface area contributed by atoms with Gasteiger partial charge in [-0.2, -0.15) is 0 Å². The van der Waals surface area contributed by atoms with E-state index in [0.717, 1.165) is 12.8 Å². The van der Waals surface area contributed by atoms with Gasteiger partial charge in [0.1, 0.15) is 5.92 Å². The highest BCUT2D eigenvalue weighted by Gasteiger charge is 2.19. The minimum absolute atomic E-state index is 0.407. The third-order valence-corrected chi connectivity index (χ3v) is 1.59. The molecule has 1 atom stereocenters. The van der Waals surface area contributed by atoms with E-state index in [9.17, 15) is 9.59 Å². The predicted molar refractivity (Wildman–Crippen MR) is 44.7 cm³/mol. The Kier molecular flexibility index (Phi) is 5.08. The number of hydrogen-bond donors (Lipinski definition) is 2. The van der Waals surface area contributed by atoms with E-state index in [1.54, 1.807) is 0 Å². The van der Waals surface area contributed by atoms with Crippen molar-refractivity contribution in [2.75, 3.05) is 6.54 Å². The summed E-state index contributed by atoms with van der Waals surface area (Å²) >= 11 is 0. The lowest BCUT2D eigenvalue weighted by atomic mass is 10.1. The fourth-order valence-electron chi connectivity index (χ4n) is 0.654. The second kappa shape index (κ2) is 5.57. The molecule has 4 nitrogen and oxygen atoms in total. The second-order valence-electron chi connectivity index (χ2n) is 2.70. The van der Waals surface area contributed by atoms with E-state index in [1.807, 2.05) is 6.92 Å². The number of unbranched alkanes of at least 4 members (excludes halogenated alkanes) is 1. The van der Waals surface area contributed by atoms with Crippen molar-refractivity contribution in [1.29, 1.82) is 0 Å². The summed E-state index contributed by atoms with van der Waals surface area (Å²) in [4.78, 5) is 21.3. The Labute approximate surface area is 72.0 Å². The van der Waals surface area contributed by atoms with Gasteiger partial charge in [-0.1, -0.05) is 13.3 Å². The summed E-state index contributed by atoms with van der Waals surface area (Å²) in [7, 11) is 0. The van der Waals surface area contributed by atoms with Crippen molar-refractivity contribution in [3.8, 4) is 0 Å². The number of carbonyl (C=O) groups is 2. The number of aliphatic carboxylic acids is 1. The molecule has 4 heteroatoms. The molecule has 1 unspecified atom stereocenters. The fourth-order valence-corrected chi connectivity index (χ4v) is 0.654. The molecule has 12 heavy (non-hydrogen) atoms. The summed E-state index contributed by atoms with van der Waals surface area (Å²) in [5, 5.41) is 11.0. The topological polar surface area (TPSA) is 66.4 Å². The predicted octanol–water partition coefficient (Wildman–Crippen LogP) is 0.623. The van der Waals surface area contributed by atoms with E-state index in [0.29, 0.717) is 6.54 Å². The van der Waals surface area contributed by atoms with Crippen molar-refractivity contribution in [2.45, 2.75) is 26.7 Å². The van der Waals surface area contributed by atoms with Crippen LogP contribution in [0.3, 0.4) is 0 Å². The lowest BCUT2D eigenvalue weighted by Gasteiger charge is -2.06. The van der Waals surface area contributed by atoms with Crippen LogP contribution in [0.5, 0.6) is 0 Å². The summed E-state index contributed by atoms with van der Waals surface area (Å²) in [6.45, 7) is 3.95. The maximum atomic E-state index is 11.0. The first kappa shape index (κ1) is 10.9. The van der Waals surface area contributed by atoms with E-state index >= 15 is 0 Å². The monoisotopic (exact) mass is 173 g/mol. The molecular formula is C8H15NO3. The molecule has 0 rings (SSSR count). The van der Waals surface area contributed by atoms with Crippen LogP contribution in [0.4, 0.5) is 0 Å². The van der Waals surface area contributed by atoms with Crippen LogP contribution in [-0.2, 0) is 9.59 Å². The maximum Gasteiger partial charge on any atom is 0.315 e. The van der Waals surface area contributed by atoms with Gasteiger partial charge in [0.25, 0.3) is 0 Å². The number of nitrogens with one attached hydrogen (secondary N) is 1. The third-order valence-electron chi connectivity index (χ3n) is 1.59. The SMILES string of the molecule is CCCCNC(=O)C(C)C(=O)O. The molecule has 0 heterocycles. The molecule has 0 aliphatic rings. The molecule has 0 saturated heterocycles. The van der Waals surface area contributed by atoms with Crippen LogP contribution in [0.15, 0.2) is 0 Å². The average Bonchev–Trinajstić information content (AvgIpc) is 2.03. The summed E-state index contributed by atoms with van der Waals surface area (Å²) in [5.41, 5.74) is 0. The molecule has 0 bridgehead atoms. The molecule has 0 spiro atoms. The highest BCUT2D eigenvalue weighted by molar-refractivity contribution is 5.96. The van der Waals surface area contributed by atoms with Crippen LogP contribution < -0.4 is 5.32 Å². The zero-order chi connectivity index (χ0) is 9.56. The second-order valence-corrected chi connectivity index (χ2v) is 2.70. The van der Waals surface area contributed by atoms with Gasteiger partial charge >= 0.3 is 5.97 Å². The highest BCUT2D eigenvalue weighted by atomic mass is 16.4. The van der Waals surface area contributed by atoms with Gasteiger partial charge in [0.2, 0.25) is 5.91 Å². The van der Waals surface area contributed by atoms with Gasteiger partial charge in [0.15, 0.2) is 0 Å². The van der Waals surface area contributed by atoms with Crippen molar-refractivity contribution in [1.82, 2.24) is 5.32 Å². The lowest BCUT2D eigenvalue weighted by molar-refractivity contribution is -0.146. The molecule has 0 fully saturated rings. The number of rotatable bonds is 5. The summed E-state index contributed by atoms with van der Waals surface area (Å²) in [6, 6.07) is 0. The average molecular weight is 173 g/mol. The van der Waals surface area contributed by atoms with Crippen LogP contribution in [-0.4, -0.2) is 23.5 Å². The maximum absolute atomic E-state index is 11.0. The Hall–Kier alpha value is -1.06. The number of carboxylic acids is 1. The zero-order valence-corrected chi connectivity index (χ0v) is 7.46. The largest absolute Gasteiger partial charge is 0.481 e. The van der Waals surface area contributed by atoms with Crippen LogP contribution in [0, 0.1) is 5.92 Å². The first-order valence-electron chi connectivity index (χ1n) is 4.10. The van der Waals surface area contributed by atoms with Crippen LogP contribution in [0.2, 0.25) is 0 Å². The van der Waals surface area contributed by atoms with Gasteiger partial charge in [-0.15, -0.1) is 0 Å². The van der Waals surface area contributed by atoms with Gasteiger partial charge in [0.05, 0.1) is 0 Å². The minimum Gasteiger partial charge on any atom is -0.481 e. The standard InChI is InChI=1S/C8H15NO3/c1-3-4-5-9-7(10)6(2)8(11)12/h6H,3-5H2,1-2H3,(H,9,10)(H,11,12). The molecule has 0 radical (unpaired) electrons. The molecule has 0 aliphatic heterocycles. The van der Waals surface area contributed by atoms with Crippen molar-refractivity contribution >= 4 is 11.9 Å². The van der Waals surface area contributed by atoms with Gasteiger partial charge in [0, 0.05) is 6.54 Å². The minimum atomic E-state index is -1.08. The summed E-state index contributed by atoms with van der Waals surface area (Å²) < 4.78 is 0. The van der Waals surface area contributed by atoms with Gasteiger partial charge < -0.3 is 10.4 Å². The summed E-state index contributed by atoms with van der Waals surface area (Å²) in [6.07, 6.45) is 1.87. The Morgan fingerprint density at radius 1 is 1.50 bits per heavy atom. The van der Waals surface area contributed by atoms with Crippen molar-refractivity contribution in [3.63, 3.8) is 0 Å². The molecule has 70 valence electrons. The Bertz CT molecular complexity index is 168. The van der Waals surface area contributed by atoms with E-state index in [-0.39, 0.29) is 0 Å². The number of amides is 1. The molecule has 0 saturated carbocycles. The summed E-state index contributed by atoms with van der Waals surface area (Å²) in [5.74, 6) is -2.43. The molecule has 0 aromatic carbocycles. The molecular weight excluding hydrogens is 158 g/mol. The smallest absolute Gasteiger partial charge is 0.315 e. The van der Waals surface area contributed by atoms with Crippen molar-refractivity contribution < 1.29 is 14.7 Å². The van der Waals surface area contributed by atoms with Crippen LogP contribution in [0.1, 0.15) is 26.7 Å². The third kappa shape index (κ3) is 3.95. The van der Waals surface area contributed by atoms with E-state index in [2.05, 4.69) is 5.32 Å². The van der Waals surface area contributed by atoms with Gasteiger partial charge in [-0.3, -0.25) is 9.59 Å². The molecule has 2 N–H and O–H groups in total. The van der Waals surface area contributed by atoms with Crippen LogP contribution >= 0.6 is 0 Å². The number of hydrogen-bond acceptors (Lipinski definition) is 2. The normalized spacial score (nSPS) is 12.2. The first-order chi connectivity index (χ1) is 5.59. The van der Waals surface area contributed by atoms with E-state index < -0.39 is 17.8 Å². The van der Waals surface area contributed by atoms with Crippen molar-refractivity contribution in [2.24, 2.45) is 5.92 Å². The first-order valence-corrected chi connectivity index (χ1v) is 4.10. The quantitative estimate of drug-likeness (QED) is 0.473. The Morgan fingerprint density at radius 2 is 2.08 bits per heavy atom. The van der Waals surface area contributed by atoms with Crippen molar-refractivity contribution in [3.05, 3.63) is 0 Å². The molecule has 0 aromatic rings. The van der Waals surface area contributed by atoms with Crippen LogP contribution in [0.25, 0.3) is 0 Å². The number of carboxylic acid groups (broad SMARTS) is 1. The molecule has 0 aliphatic carbocycles. The van der Waals surface area contributed by atoms with E-state index in [4.69, 9.17) is 5.11 Å². The fraction of sp³-hybridized carbons (Fsp3) is 0.750. The Morgan fingerprint density at radius 3 is 2.50 bits per heavy atom.